The fourth-order valence-electron chi connectivity index (χ4n) is 4.96. The predicted molar refractivity (Wildman–Crippen MR) is 126 cm³/mol. The zero-order valence-electron chi connectivity index (χ0n) is 19.6. The van der Waals surface area contributed by atoms with Crippen molar-refractivity contribution in [3.05, 3.63) is 16.7 Å². The van der Waals surface area contributed by atoms with Gasteiger partial charge in [0.25, 0.3) is 0 Å². The second-order valence-corrected chi connectivity index (χ2v) is 9.68. The third kappa shape index (κ3) is 5.42. The van der Waals surface area contributed by atoms with E-state index in [4.69, 9.17) is 0 Å². The van der Waals surface area contributed by atoms with Crippen molar-refractivity contribution < 1.29 is 13.2 Å². The first-order chi connectivity index (χ1) is 12.8. The number of hydrogen-bond acceptors (Lipinski definition) is 0. The molecule has 0 fully saturated rings. The van der Waals surface area contributed by atoms with Gasteiger partial charge in [-0.1, -0.05) is 89.2 Å². The van der Waals surface area contributed by atoms with Gasteiger partial charge in [-0.25, -0.2) is 0 Å². The van der Waals surface area contributed by atoms with Gasteiger partial charge in [-0.2, -0.15) is 13.2 Å². The zero-order chi connectivity index (χ0) is 21.9. The summed E-state index contributed by atoms with van der Waals surface area (Å²) in [6.07, 6.45) is 2.76. The minimum absolute atomic E-state index is 0.119. The van der Waals surface area contributed by atoms with E-state index in [9.17, 15) is 13.2 Å². The topological polar surface area (TPSA) is 0 Å². The van der Waals surface area contributed by atoms with Crippen LogP contribution in [0.2, 0.25) is 0 Å². The molecule has 0 radical (unpaired) electrons. The monoisotopic (exact) mass is 392 g/mol. The van der Waals surface area contributed by atoms with Crippen molar-refractivity contribution >= 4 is 39.9 Å². The Labute approximate surface area is 173 Å². The largest absolute Gasteiger partial charge is 0.415 e. The Kier molecular flexibility index (Phi) is 8.43. The van der Waals surface area contributed by atoms with Crippen LogP contribution >= 0.6 is 0 Å². The summed E-state index contributed by atoms with van der Waals surface area (Å²) in [6.45, 7) is 13.1. The maximum atomic E-state index is 14.0. The van der Waals surface area contributed by atoms with Gasteiger partial charge in [0, 0.05) is 5.56 Å². The van der Waals surface area contributed by atoms with Crippen LogP contribution in [-0.4, -0.2) is 23.5 Å². The van der Waals surface area contributed by atoms with Crippen molar-refractivity contribution in [1.29, 1.82) is 0 Å². The van der Waals surface area contributed by atoms with Crippen molar-refractivity contribution in [3.8, 4) is 0 Å². The molecule has 156 valence electrons. The summed E-state index contributed by atoms with van der Waals surface area (Å²) in [5.74, 6) is 0. The molecule has 0 aromatic heterocycles. The highest BCUT2D eigenvalue weighted by molar-refractivity contribution is 6.52. The Hall–Kier alpha value is -0.795. The predicted octanol–water partition coefficient (Wildman–Crippen LogP) is 2.71. The molecule has 1 rings (SSSR count). The Morgan fingerprint density at radius 2 is 1.32 bits per heavy atom. The molecule has 6 heteroatoms. The van der Waals surface area contributed by atoms with E-state index in [0.29, 0.717) is 10.9 Å². The molecule has 0 heterocycles. The quantitative estimate of drug-likeness (QED) is 0.568. The summed E-state index contributed by atoms with van der Waals surface area (Å²) in [5, 5.41) is 0. The summed E-state index contributed by atoms with van der Waals surface area (Å²) in [7, 11) is 5.26. The van der Waals surface area contributed by atoms with Gasteiger partial charge in [-0.15, -0.1) is 0 Å². The van der Waals surface area contributed by atoms with E-state index >= 15 is 0 Å². The van der Waals surface area contributed by atoms with Crippen LogP contribution in [0.5, 0.6) is 0 Å². The Morgan fingerprint density at radius 1 is 0.750 bits per heavy atom. The molecule has 0 aliphatic rings. The summed E-state index contributed by atoms with van der Waals surface area (Å²) in [6, 6.07) is 0. The van der Waals surface area contributed by atoms with Gasteiger partial charge in [-0.05, 0) is 35.7 Å². The van der Waals surface area contributed by atoms with Gasteiger partial charge < -0.3 is 0 Å². The first-order valence-electron chi connectivity index (χ1n) is 11.0. The van der Waals surface area contributed by atoms with E-state index in [-0.39, 0.29) is 10.8 Å². The smallest absolute Gasteiger partial charge is 0.166 e. The fraction of sp³-hybridized carbons (Fsp3) is 0.727. The molecule has 1 aromatic carbocycles. The highest BCUT2D eigenvalue weighted by atomic mass is 19.4. The lowest BCUT2D eigenvalue weighted by Crippen LogP contribution is -2.47. The fourth-order valence-corrected chi connectivity index (χ4v) is 4.96. The van der Waals surface area contributed by atoms with Crippen LogP contribution in [0.25, 0.3) is 0 Å². The van der Waals surface area contributed by atoms with Crippen LogP contribution in [0.15, 0.2) is 0 Å². The molecule has 1 atom stereocenters. The van der Waals surface area contributed by atoms with E-state index < -0.39 is 11.7 Å². The Morgan fingerprint density at radius 3 is 1.75 bits per heavy atom. The molecule has 0 N–H and O–H groups in total. The van der Waals surface area contributed by atoms with Crippen molar-refractivity contribution in [1.82, 2.24) is 0 Å². The van der Waals surface area contributed by atoms with Gasteiger partial charge in [0.15, 0.2) is 0 Å². The van der Waals surface area contributed by atoms with Crippen LogP contribution in [0.1, 0.15) is 96.8 Å². The lowest BCUT2D eigenvalue weighted by Gasteiger charge is -2.38. The summed E-state index contributed by atoms with van der Waals surface area (Å²) < 4.78 is 41.9. The molecule has 0 bridgehead atoms. The summed E-state index contributed by atoms with van der Waals surface area (Å²) in [4.78, 5) is 0. The van der Waals surface area contributed by atoms with Crippen molar-refractivity contribution in [2.24, 2.45) is 5.41 Å². The molecule has 0 saturated heterocycles. The molecular weight excluding hydrogens is 354 g/mol. The van der Waals surface area contributed by atoms with Gasteiger partial charge in [0.2, 0.25) is 0 Å². The van der Waals surface area contributed by atoms with Crippen molar-refractivity contribution in [2.75, 3.05) is 0 Å². The third-order valence-corrected chi connectivity index (χ3v) is 6.87. The zero-order valence-corrected chi connectivity index (χ0v) is 19.6. The lowest BCUT2D eigenvalue weighted by molar-refractivity contribution is -0.135. The molecule has 0 nitrogen and oxygen atoms in total. The second-order valence-electron chi connectivity index (χ2n) is 9.68. The first-order valence-corrected chi connectivity index (χ1v) is 11.0. The lowest BCUT2D eigenvalue weighted by atomic mass is 9.60. The highest BCUT2D eigenvalue weighted by Gasteiger charge is 2.39. The van der Waals surface area contributed by atoms with Crippen LogP contribution in [0.4, 0.5) is 13.2 Å². The minimum Gasteiger partial charge on any atom is -0.166 e. The summed E-state index contributed by atoms with van der Waals surface area (Å²) in [5.41, 5.74) is 3.25. The molecule has 0 amide bonds. The number of rotatable bonds is 9. The normalized spacial score (nSPS) is 14.9. The standard InChI is InChI=1S/C22H38B3F3/c1-7-10-12-20(4,5)15-14(13-21(6,9-3)11-8-2)17(23)19(25)16(18(15)24)22(26,27)28/h7-13,23-25H2,1-6H3. The maximum Gasteiger partial charge on any atom is 0.415 e. The SMILES string of the molecule is Bc1c(B)c(C(F)(F)F)c(B)c(C(C)(C)CCCC)c1CC(C)(CC)CCC. The molecule has 1 unspecified atom stereocenters. The van der Waals surface area contributed by atoms with E-state index in [1.807, 2.05) is 7.85 Å². The molecule has 1 aromatic rings. The molecule has 0 aliphatic heterocycles. The van der Waals surface area contributed by atoms with Crippen molar-refractivity contribution in [3.63, 3.8) is 0 Å². The minimum atomic E-state index is -4.31. The van der Waals surface area contributed by atoms with E-state index in [2.05, 4.69) is 41.5 Å². The average molecular weight is 392 g/mol. The van der Waals surface area contributed by atoms with E-state index in [0.717, 1.165) is 56.0 Å². The van der Waals surface area contributed by atoms with E-state index in [1.165, 1.54) is 5.56 Å². The van der Waals surface area contributed by atoms with Gasteiger partial charge in [-0.3, -0.25) is 0 Å². The van der Waals surface area contributed by atoms with Crippen molar-refractivity contribution in [2.45, 2.75) is 98.1 Å². The number of alkyl halides is 3. The molecule has 0 spiro atoms. The number of benzene rings is 1. The molecule has 0 aliphatic carbocycles. The number of hydrogen-bond donors (Lipinski definition) is 0. The second kappa shape index (κ2) is 9.35. The van der Waals surface area contributed by atoms with E-state index in [1.54, 1.807) is 15.7 Å². The number of unbranched alkanes of at least 4 members (excludes halogenated alkanes) is 1. The Bertz CT molecular complexity index is 681. The van der Waals surface area contributed by atoms with Crippen LogP contribution in [-0.2, 0) is 18.0 Å². The molecule has 0 saturated carbocycles. The van der Waals surface area contributed by atoms with Crippen LogP contribution in [0.3, 0.4) is 0 Å². The average Bonchev–Trinajstić information content (AvgIpc) is 2.56. The van der Waals surface area contributed by atoms with Gasteiger partial charge >= 0.3 is 6.18 Å². The van der Waals surface area contributed by atoms with Gasteiger partial charge in [0.05, 0.1) is 0 Å². The Balaban J connectivity index is 3.83. The maximum absolute atomic E-state index is 14.0. The van der Waals surface area contributed by atoms with Crippen LogP contribution < -0.4 is 16.4 Å². The first kappa shape index (κ1) is 25.2. The summed E-state index contributed by atoms with van der Waals surface area (Å²) >= 11 is 0. The van der Waals surface area contributed by atoms with Crippen LogP contribution in [0, 0.1) is 5.41 Å². The third-order valence-electron chi connectivity index (χ3n) is 6.87. The highest BCUT2D eigenvalue weighted by Crippen LogP contribution is 2.38. The number of halogens is 3. The molecular formula is C22H38B3F3. The molecule has 28 heavy (non-hydrogen) atoms. The van der Waals surface area contributed by atoms with Gasteiger partial charge in [0.1, 0.15) is 23.5 Å².